The highest BCUT2D eigenvalue weighted by atomic mass is 15.1. The van der Waals surface area contributed by atoms with Crippen molar-refractivity contribution in [1.82, 2.24) is 10.2 Å². The number of hydrogen-bond donors (Lipinski definition) is 0. The number of hydrogen-bond acceptors (Lipinski definition) is 2. The monoisotopic (exact) mass is 212 g/mol. The molecule has 0 unspecified atom stereocenters. The highest BCUT2D eigenvalue weighted by Gasteiger charge is 2.08. The first-order valence-corrected chi connectivity index (χ1v) is 5.56. The van der Waals surface area contributed by atoms with Crippen LogP contribution in [0.2, 0.25) is 0 Å². The summed E-state index contributed by atoms with van der Waals surface area (Å²) in [5.41, 5.74) is 5.04. The second-order valence-electron chi connectivity index (χ2n) is 4.38. The van der Waals surface area contributed by atoms with Crippen LogP contribution in [0.3, 0.4) is 0 Å². The first-order valence-electron chi connectivity index (χ1n) is 5.56. The summed E-state index contributed by atoms with van der Waals surface area (Å²) >= 11 is 0. The molecule has 0 aliphatic heterocycles. The molecule has 2 rings (SSSR count). The van der Waals surface area contributed by atoms with Crippen molar-refractivity contribution >= 4 is 0 Å². The second kappa shape index (κ2) is 4.44. The quantitative estimate of drug-likeness (QED) is 0.760. The molecule has 0 fully saturated rings. The van der Waals surface area contributed by atoms with E-state index in [-0.39, 0.29) is 0 Å². The maximum atomic E-state index is 3.94. The summed E-state index contributed by atoms with van der Waals surface area (Å²) in [6.07, 6.45) is 3.56. The van der Waals surface area contributed by atoms with Gasteiger partial charge in [-0.15, -0.1) is 0 Å². The van der Waals surface area contributed by atoms with Crippen LogP contribution < -0.4 is 0 Å². The van der Waals surface area contributed by atoms with Crippen LogP contribution in [-0.2, 0) is 0 Å². The van der Waals surface area contributed by atoms with Crippen molar-refractivity contribution in [2.24, 2.45) is 0 Å². The molecule has 2 aromatic rings. The van der Waals surface area contributed by atoms with Crippen LogP contribution in [0.5, 0.6) is 0 Å². The van der Waals surface area contributed by atoms with E-state index >= 15 is 0 Å². The highest BCUT2D eigenvalue weighted by molar-refractivity contribution is 5.67. The van der Waals surface area contributed by atoms with E-state index in [1.165, 1.54) is 16.7 Å². The molecule has 2 heteroatoms. The van der Waals surface area contributed by atoms with E-state index in [9.17, 15) is 0 Å². The molecule has 0 radical (unpaired) electrons. The smallest absolute Gasteiger partial charge is 0.0574 e. The van der Waals surface area contributed by atoms with E-state index in [0.717, 1.165) is 5.56 Å². The van der Waals surface area contributed by atoms with Crippen LogP contribution in [0.25, 0.3) is 11.1 Å². The lowest BCUT2D eigenvalue weighted by Gasteiger charge is -2.13. The Hall–Kier alpha value is -1.70. The summed E-state index contributed by atoms with van der Waals surface area (Å²) in [5, 5.41) is 7.76. The standard InChI is InChI=1S/C14H16N2/c1-10(2)13-5-4-11(3)8-14(13)12-6-7-15-16-9-12/h4-10H,1-3H3. The summed E-state index contributed by atoms with van der Waals surface area (Å²) in [4.78, 5) is 0. The topological polar surface area (TPSA) is 25.8 Å². The molecule has 1 heterocycles. The average Bonchev–Trinajstić information content (AvgIpc) is 2.29. The molecule has 0 saturated carbocycles. The van der Waals surface area contributed by atoms with Crippen LogP contribution >= 0.6 is 0 Å². The molecular formula is C14H16N2. The number of nitrogens with zero attached hydrogens (tertiary/aromatic N) is 2. The van der Waals surface area contributed by atoms with Crippen molar-refractivity contribution in [3.63, 3.8) is 0 Å². The zero-order valence-electron chi connectivity index (χ0n) is 9.94. The second-order valence-corrected chi connectivity index (χ2v) is 4.38. The lowest BCUT2D eigenvalue weighted by Crippen LogP contribution is -1.94. The van der Waals surface area contributed by atoms with E-state index in [0.29, 0.717) is 5.92 Å². The summed E-state index contributed by atoms with van der Waals surface area (Å²) in [5.74, 6) is 0.517. The van der Waals surface area contributed by atoms with Gasteiger partial charge in [0.05, 0.1) is 12.4 Å². The van der Waals surface area contributed by atoms with Crippen LogP contribution in [0.1, 0.15) is 30.9 Å². The Balaban J connectivity index is 2.58. The van der Waals surface area contributed by atoms with Gasteiger partial charge in [0.1, 0.15) is 0 Å². The minimum atomic E-state index is 0.517. The fourth-order valence-electron chi connectivity index (χ4n) is 1.87. The molecule has 0 amide bonds. The fourth-order valence-corrected chi connectivity index (χ4v) is 1.87. The molecule has 2 nitrogen and oxygen atoms in total. The molecule has 16 heavy (non-hydrogen) atoms. The van der Waals surface area contributed by atoms with Gasteiger partial charge in [0.2, 0.25) is 0 Å². The average molecular weight is 212 g/mol. The number of aromatic nitrogens is 2. The molecule has 82 valence electrons. The van der Waals surface area contributed by atoms with Gasteiger partial charge in [-0.2, -0.15) is 10.2 Å². The Morgan fingerprint density at radius 3 is 2.50 bits per heavy atom. The predicted octanol–water partition coefficient (Wildman–Crippen LogP) is 3.58. The Labute approximate surface area is 96.4 Å². The van der Waals surface area contributed by atoms with Crippen molar-refractivity contribution in [2.45, 2.75) is 26.7 Å². The largest absolute Gasteiger partial charge is 0.159 e. The predicted molar refractivity (Wildman–Crippen MR) is 66.3 cm³/mol. The fraction of sp³-hybridized carbons (Fsp3) is 0.286. The maximum absolute atomic E-state index is 3.94. The van der Waals surface area contributed by atoms with Crippen LogP contribution in [0.4, 0.5) is 0 Å². The van der Waals surface area contributed by atoms with Crippen molar-refractivity contribution in [1.29, 1.82) is 0 Å². The Bertz CT molecular complexity index is 475. The molecule has 0 spiro atoms. The molecule has 1 aromatic carbocycles. The third-order valence-electron chi connectivity index (χ3n) is 2.73. The lowest BCUT2D eigenvalue weighted by atomic mass is 9.92. The van der Waals surface area contributed by atoms with Gasteiger partial charge in [-0.05, 0) is 30.0 Å². The number of aryl methyl sites for hydroxylation is 1. The van der Waals surface area contributed by atoms with E-state index in [1.54, 1.807) is 6.20 Å². The van der Waals surface area contributed by atoms with Crippen molar-refractivity contribution in [3.05, 3.63) is 47.8 Å². The summed E-state index contributed by atoms with van der Waals surface area (Å²) in [7, 11) is 0. The Morgan fingerprint density at radius 2 is 1.88 bits per heavy atom. The minimum absolute atomic E-state index is 0.517. The van der Waals surface area contributed by atoms with Gasteiger partial charge in [0.15, 0.2) is 0 Å². The van der Waals surface area contributed by atoms with Gasteiger partial charge in [0.25, 0.3) is 0 Å². The van der Waals surface area contributed by atoms with Crippen molar-refractivity contribution < 1.29 is 0 Å². The van der Waals surface area contributed by atoms with E-state index in [2.05, 4.69) is 49.2 Å². The zero-order valence-corrected chi connectivity index (χ0v) is 9.94. The van der Waals surface area contributed by atoms with Gasteiger partial charge in [0, 0.05) is 5.56 Å². The van der Waals surface area contributed by atoms with Gasteiger partial charge < -0.3 is 0 Å². The first kappa shape index (κ1) is 10.8. The first-order chi connectivity index (χ1) is 7.68. The minimum Gasteiger partial charge on any atom is -0.159 e. The van der Waals surface area contributed by atoms with E-state index in [1.807, 2.05) is 12.3 Å². The maximum Gasteiger partial charge on any atom is 0.0574 e. The molecule has 0 aliphatic rings. The van der Waals surface area contributed by atoms with Crippen molar-refractivity contribution in [3.8, 4) is 11.1 Å². The SMILES string of the molecule is Cc1ccc(C(C)C)c(-c2ccnnc2)c1. The lowest BCUT2D eigenvalue weighted by molar-refractivity contribution is 0.867. The molecular weight excluding hydrogens is 196 g/mol. The van der Waals surface area contributed by atoms with Gasteiger partial charge in [-0.3, -0.25) is 0 Å². The zero-order chi connectivity index (χ0) is 11.5. The van der Waals surface area contributed by atoms with Crippen LogP contribution in [0.15, 0.2) is 36.7 Å². The third kappa shape index (κ3) is 2.11. The summed E-state index contributed by atoms with van der Waals surface area (Å²) in [6, 6.07) is 8.59. The molecule has 1 aromatic heterocycles. The highest BCUT2D eigenvalue weighted by Crippen LogP contribution is 2.29. The normalized spacial score (nSPS) is 10.8. The Kier molecular flexibility index (Phi) is 3.00. The van der Waals surface area contributed by atoms with Gasteiger partial charge >= 0.3 is 0 Å². The van der Waals surface area contributed by atoms with E-state index < -0.39 is 0 Å². The number of rotatable bonds is 2. The molecule has 0 aliphatic carbocycles. The van der Waals surface area contributed by atoms with Gasteiger partial charge in [-0.1, -0.05) is 37.6 Å². The van der Waals surface area contributed by atoms with Gasteiger partial charge in [-0.25, -0.2) is 0 Å². The van der Waals surface area contributed by atoms with Crippen LogP contribution in [-0.4, -0.2) is 10.2 Å². The molecule has 0 bridgehead atoms. The molecule has 0 N–H and O–H groups in total. The Morgan fingerprint density at radius 1 is 1.06 bits per heavy atom. The van der Waals surface area contributed by atoms with Crippen molar-refractivity contribution in [2.75, 3.05) is 0 Å². The van der Waals surface area contributed by atoms with E-state index in [4.69, 9.17) is 0 Å². The summed E-state index contributed by atoms with van der Waals surface area (Å²) < 4.78 is 0. The molecule has 0 atom stereocenters. The summed E-state index contributed by atoms with van der Waals surface area (Å²) in [6.45, 7) is 6.54. The number of benzene rings is 1. The van der Waals surface area contributed by atoms with Crippen LogP contribution in [0, 0.1) is 6.92 Å². The third-order valence-corrected chi connectivity index (χ3v) is 2.73. The molecule has 0 saturated heterocycles.